The van der Waals surface area contributed by atoms with E-state index in [1.54, 1.807) is 41.5 Å². The summed E-state index contributed by atoms with van der Waals surface area (Å²) in [6.07, 6.45) is -0.705. The van der Waals surface area contributed by atoms with Gasteiger partial charge >= 0.3 is 12.1 Å². The van der Waals surface area contributed by atoms with Crippen molar-refractivity contribution in [3.05, 3.63) is 35.9 Å². The van der Waals surface area contributed by atoms with E-state index in [-0.39, 0.29) is 0 Å². The number of hydrogen-bond acceptors (Lipinski definition) is 5. The topological polar surface area (TPSA) is 90.6 Å². The molecular weight excluding hydrogens is 332 g/mol. The summed E-state index contributed by atoms with van der Waals surface area (Å²) < 4.78 is 10.5. The molecule has 0 spiro atoms. The molecule has 3 N–H and O–H groups in total. The largest absolute Gasteiger partial charge is 0.459 e. The molecule has 0 heterocycles. The standard InChI is InChI=1S/C20H28N2O4/c1-19(2,3)25-17(23)16(21)15(22-18(24)26-20(4,5)6)13-12-14-10-8-7-9-11-14/h7-11,15-16H,21H2,1-6H3,(H,22,24)/t15-,16+/m0/s1. The van der Waals surface area contributed by atoms with E-state index in [1.165, 1.54) is 0 Å². The maximum Gasteiger partial charge on any atom is 0.408 e. The second-order valence-corrected chi connectivity index (χ2v) is 7.82. The second kappa shape index (κ2) is 8.72. The van der Waals surface area contributed by atoms with Gasteiger partial charge in [-0.25, -0.2) is 4.79 Å². The first-order valence-corrected chi connectivity index (χ1v) is 8.42. The quantitative estimate of drug-likeness (QED) is 0.639. The van der Waals surface area contributed by atoms with Gasteiger partial charge in [-0.1, -0.05) is 30.0 Å². The number of carbonyl (C=O) groups excluding carboxylic acids is 2. The Morgan fingerprint density at radius 2 is 1.54 bits per heavy atom. The number of ether oxygens (including phenoxy) is 2. The summed E-state index contributed by atoms with van der Waals surface area (Å²) in [7, 11) is 0. The molecule has 142 valence electrons. The van der Waals surface area contributed by atoms with Gasteiger partial charge in [0.15, 0.2) is 0 Å². The van der Waals surface area contributed by atoms with Crippen LogP contribution in [0.3, 0.4) is 0 Å². The predicted octanol–water partition coefficient (Wildman–Crippen LogP) is 2.60. The van der Waals surface area contributed by atoms with Crippen molar-refractivity contribution < 1.29 is 19.1 Å². The SMILES string of the molecule is CC(C)(C)OC(=O)N[C@@H](C#Cc1ccccc1)[C@@H](N)C(=O)OC(C)(C)C. The van der Waals surface area contributed by atoms with Crippen molar-refractivity contribution in [2.24, 2.45) is 5.73 Å². The van der Waals surface area contributed by atoms with Crippen LogP contribution < -0.4 is 11.1 Å². The van der Waals surface area contributed by atoms with E-state index >= 15 is 0 Å². The molecule has 1 aromatic rings. The summed E-state index contributed by atoms with van der Waals surface area (Å²) in [6.45, 7) is 10.4. The van der Waals surface area contributed by atoms with Crippen LogP contribution in [0.25, 0.3) is 0 Å². The highest BCUT2D eigenvalue weighted by atomic mass is 16.6. The van der Waals surface area contributed by atoms with Crippen LogP contribution in [0.5, 0.6) is 0 Å². The molecule has 0 unspecified atom stereocenters. The highest BCUT2D eigenvalue weighted by Gasteiger charge is 2.30. The van der Waals surface area contributed by atoms with Crippen LogP contribution in [0, 0.1) is 11.8 Å². The predicted molar refractivity (Wildman–Crippen MR) is 100 cm³/mol. The fraction of sp³-hybridized carbons (Fsp3) is 0.500. The number of alkyl carbamates (subject to hydrolysis) is 1. The van der Waals surface area contributed by atoms with Gasteiger partial charge in [0, 0.05) is 5.56 Å². The van der Waals surface area contributed by atoms with Crippen molar-refractivity contribution in [3.8, 4) is 11.8 Å². The molecule has 0 aromatic heterocycles. The fourth-order valence-electron chi connectivity index (χ4n) is 1.84. The molecule has 0 aliphatic rings. The van der Waals surface area contributed by atoms with Crippen molar-refractivity contribution in [3.63, 3.8) is 0 Å². The maximum absolute atomic E-state index is 12.3. The summed E-state index contributed by atoms with van der Waals surface area (Å²) in [5, 5.41) is 2.55. The van der Waals surface area contributed by atoms with Gasteiger partial charge in [-0.15, -0.1) is 0 Å². The van der Waals surface area contributed by atoms with Gasteiger partial charge < -0.3 is 20.5 Å². The highest BCUT2D eigenvalue weighted by Crippen LogP contribution is 2.10. The lowest BCUT2D eigenvalue weighted by molar-refractivity contribution is -0.156. The molecule has 1 aromatic carbocycles. The van der Waals surface area contributed by atoms with Gasteiger partial charge in [-0.2, -0.15) is 0 Å². The van der Waals surface area contributed by atoms with Crippen LogP contribution in [-0.2, 0) is 14.3 Å². The highest BCUT2D eigenvalue weighted by molar-refractivity contribution is 5.79. The molecule has 0 bridgehead atoms. The zero-order valence-electron chi connectivity index (χ0n) is 16.3. The molecule has 0 saturated heterocycles. The Labute approximate surface area is 155 Å². The van der Waals surface area contributed by atoms with Crippen molar-refractivity contribution >= 4 is 12.1 Å². The van der Waals surface area contributed by atoms with Gasteiger partial charge in [-0.3, -0.25) is 4.79 Å². The first-order valence-electron chi connectivity index (χ1n) is 8.42. The third-order valence-corrected chi connectivity index (χ3v) is 2.86. The van der Waals surface area contributed by atoms with Gasteiger partial charge in [0.2, 0.25) is 0 Å². The van der Waals surface area contributed by atoms with Gasteiger partial charge in [0.1, 0.15) is 23.3 Å². The summed E-state index contributed by atoms with van der Waals surface area (Å²) in [6, 6.07) is 7.07. The van der Waals surface area contributed by atoms with Crippen molar-refractivity contribution in [1.29, 1.82) is 0 Å². The normalized spacial score (nSPS) is 13.7. The lowest BCUT2D eigenvalue weighted by Crippen LogP contribution is -2.53. The lowest BCUT2D eigenvalue weighted by Gasteiger charge is -2.26. The minimum Gasteiger partial charge on any atom is -0.459 e. The molecule has 2 atom stereocenters. The molecule has 26 heavy (non-hydrogen) atoms. The zero-order chi connectivity index (χ0) is 20.0. The first kappa shape index (κ1) is 21.5. The smallest absolute Gasteiger partial charge is 0.408 e. The van der Waals surface area contributed by atoms with Gasteiger partial charge in [0.25, 0.3) is 0 Å². The maximum atomic E-state index is 12.3. The average Bonchev–Trinajstić information content (AvgIpc) is 2.48. The molecule has 1 rings (SSSR count). The van der Waals surface area contributed by atoms with Crippen LogP contribution in [0.2, 0.25) is 0 Å². The average molecular weight is 360 g/mol. The third kappa shape index (κ3) is 8.54. The van der Waals surface area contributed by atoms with E-state index in [2.05, 4.69) is 17.2 Å². The summed E-state index contributed by atoms with van der Waals surface area (Å²) in [4.78, 5) is 24.4. The Kier molecular flexibility index (Phi) is 7.22. The van der Waals surface area contributed by atoms with E-state index in [9.17, 15) is 9.59 Å². The molecule has 0 radical (unpaired) electrons. The number of benzene rings is 1. The zero-order valence-corrected chi connectivity index (χ0v) is 16.3. The molecule has 0 aliphatic heterocycles. The van der Waals surface area contributed by atoms with E-state index in [0.717, 1.165) is 5.56 Å². The second-order valence-electron chi connectivity index (χ2n) is 7.82. The monoisotopic (exact) mass is 360 g/mol. The number of hydrogen-bond donors (Lipinski definition) is 2. The minimum absolute atomic E-state index is 0.652. The van der Waals surface area contributed by atoms with Gasteiger partial charge in [0.05, 0.1) is 0 Å². The van der Waals surface area contributed by atoms with E-state index in [0.29, 0.717) is 0 Å². The Morgan fingerprint density at radius 3 is 2.04 bits per heavy atom. The van der Waals surface area contributed by atoms with E-state index in [4.69, 9.17) is 15.2 Å². The lowest BCUT2D eigenvalue weighted by atomic mass is 10.1. The minimum atomic E-state index is -1.15. The number of nitrogens with two attached hydrogens (primary N) is 1. The number of amides is 1. The molecule has 0 saturated carbocycles. The van der Waals surface area contributed by atoms with Gasteiger partial charge in [-0.05, 0) is 53.7 Å². The number of carbonyl (C=O) groups is 2. The van der Waals surface area contributed by atoms with Crippen LogP contribution in [0.15, 0.2) is 30.3 Å². The molecule has 0 fully saturated rings. The molecule has 0 aliphatic carbocycles. The molecular formula is C20H28N2O4. The van der Waals surface area contributed by atoms with Crippen LogP contribution in [0.1, 0.15) is 47.1 Å². The van der Waals surface area contributed by atoms with Crippen molar-refractivity contribution in [1.82, 2.24) is 5.32 Å². The number of rotatable bonds is 3. The van der Waals surface area contributed by atoms with E-state index in [1.807, 2.05) is 30.3 Å². The summed E-state index contributed by atoms with van der Waals surface area (Å²) >= 11 is 0. The van der Waals surface area contributed by atoms with Crippen LogP contribution in [-0.4, -0.2) is 35.3 Å². The number of nitrogens with one attached hydrogen (secondary N) is 1. The van der Waals surface area contributed by atoms with Crippen LogP contribution in [0.4, 0.5) is 4.79 Å². The van der Waals surface area contributed by atoms with Crippen LogP contribution >= 0.6 is 0 Å². The molecule has 6 nitrogen and oxygen atoms in total. The molecule has 6 heteroatoms. The Hall–Kier alpha value is -2.52. The fourth-order valence-corrected chi connectivity index (χ4v) is 1.84. The summed E-state index contributed by atoms with van der Waals surface area (Å²) in [5.41, 5.74) is 5.35. The van der Waals surface area contributed by atoms with Crippen molar-refractivity contribution in [2.45, 2.75) is 64.8 Å². The first-order chi connectivity index (χ1) is 11.9. The Morgan fingerprint density at radius 1 is 1.00 bits per heavy atom. The third-order valence-electron chi connectivity index (χ3n) is 2.86. The molecule has 1 amide bonds. The Balaban J connectivity index is 2.99. The van der Waals surface area contributed by atoms with Crippen molar-refractivity contribution in [2.75, 3.05) is 0 Å². The Bertz CT molecular complexity index is 676. The summed E-state index contributed by atoms with van der Waals surface area (Å²) in [5.74, 6) is 5.08. The number of esters is 1. The van der Waals surface area contributed by atoms with E-state index < -0.39 is 35.3 Å².